The van der Waals surface area contributed by atoms with Gasteiger partial charge in [0.1, 0.15) is 6.04 Å². The van der Waals surface area contributed by atoms with Crippen molar-refractivity contribution in [1.29, 1.82) is 0 Å². The Morgan fingerprint density at radius 2 is 1.90 bits per heavy atom. The van der Waals surface area contributed by atoms with Gasteiger partial charge in [-0.05, 0) is 31.8 Å². The predicted molar refractivity (Wildman–Crippen MR) is 77.7 cm³/mol. The van der Waals surface area contributed by atoms with Crippen molar-refractivity contribution in [2.75, 3.05) is 26.2 Å². The van der Waals surface area contributed by atoms with E-state index in [1.807, 2.05) is 13.8 Å². The van der Waals surface area contributed by atoms with Crippen LogP contribution in [0.15, 0.2) is 0 Å². The normalized spacial score (nSPS) is 19.1. The first kappa shape index (κ1) is 16.8. The van der Waals surface area contributed by atoms with E-state index in [2.05, 4.69) is 15.5 Å². The first-order chi connectivity index (χ1) is 9.54. The Labute approximate surface area is 120 Å². The quantitative estimate of drug-likeness (QED) is 0.658. The highest BCUT2D eigenvalue weighted by Gasteiger charge is 2.25. The van der Waals surface area contributed by atoms with Gasteiger partial charge in [-0.15, -0.1) is 0 Å². The number of carbonyl (C=O) groups is 2. The van der Waals surface area contributed by atoms with Gasteiger partial charge < -0.3 is 20.6 Å². The monoisotopic (exact) mass is 285 g/mol. The SMILES string of the molecule is CC[C@H](C)[C@H](NC(=O)NCCN1CCCCC1)C(=O)O. The van der Waals surface area contributed by atoms with E-state index in [1.54, 1.807) is 0 Å². The number of hydrogen-bond acceptors (Lipinski definition) is 3. The lowest BCUT2D eigenvalue weighted by Gasteiger charge is -2.26. The van der Waals surface area contributed by atoms with Gasteiger partial charge in [-0.25, -0.2) is 9.59 Å². The van der Waals surface area contributed by atoms with Crippen LogP contribution in [0.25, 0.3) is 0 Å². The molecule has 20 heavy (non-hydrogen) atoms. The van der Waals surface area contributed by atoms with Gasteiger partial charge in [0, 0.05) is 13.1 Å². The Morgan fingerprint density at radius 3 is 2.45 bits per heavy atom. The van der Waals surface area contributed by atoms with E-state index in [1.165, 1.54) is 19.3 Å². The third-order valence-corrected chi connectivity index (χ3v) is 3.93. The number of hydrogen-bond donors (Lipinski definition) is 3. The largest absolute Gasteiger partial charge is 0.480 e. The molecule has 1 aliphatic heterocycles. The predicted octanol–water partition coefficient (Wildman–Crippen LogP) is 1.27. The summed E-state index contributed by atoms with van der Waals surface area (Å²) in [4.78, 5) is 25.1. The van der Waals surface area contributed by atoms with Gasteiger partial charge in [0.25, 0.3) is 0 Å². The Balaban J connectivity index is 2.25. The van der Waals surface area contributed by atoms with Gasteiger partial charge in [-0.1, -0.05) is 26.7 Å². The van der Waals surface area contributed by atoms with Crippen molar-refractivity contribution in [1.82, 2.24) is 15.5 Å². The van der Waals surface area contributed by atoms with Gasteiger partial charge in [-0.2, -0.15) is 0 Å². The maximum atomic E-state index is 11.7. The number of aliphatic carboxylic acids is 1. The average molecular weight is 285 g/mol. The van der Waals surface area contributed by atoms with Crippen LogP contribution in [-0.4, -0.2) is 54.2 Å². The molecule has 1 aliphatic rings. The number of piperidine rings is 1. The summed E-state index contributed by atoms with van der Waals surface area (Å²) in [6, 6.07) is -1.22. The Morgan fingerprint density at radius 1 is 1.25 bits per heavy atom. The van der Waals surface area contributed by atoms with Gasteiger partial charge in [0.05, 0.1) is 0 Å². The fourth-order valence-electron chi connectivity index (χ4n) is 2.39. The minimum Gasteiger partial charge on any atom is -0.480 e. The van der Waals surface area contributed by atoms with Crippen molar-refractivity contribution in [3.63, 3.8) is 0 Å². The maximum Gasteiger partial charge on any atom is 0.326 e. The second kappa shape index (κ2) is 8.79. The molecule has 116 valence electrons. The second-order valence-electron chi connectivity index (χ2n) is 5.50. The molecule has 6 heteroatoms. The first-order valence-electron chi connectivity index (χ1n) is 7.54. The standard InChI is InChI=1S/C14H27N3O3/c1-3-11(2)12(13(18)19)16-14(20)15-7-10-17-8-5-4-6-9-17/h11-12H,3-10H2,1-2H3,(H,18,19)(H2,15,16,20)/t11-,12-/m0/s1. The molecule has 0 saturated carbocycles. The molecule has 2 atom stereocenters. The lowest BCUT2D eigenvalue weighted by atomic mass is 9.99. The van der Waals surface area contributed by atoms with Crippen LogP contribution in [0.1, 0.15) is 39.5 Å². The van der Waals surface area contributed by atoms with Gasteiger partial charge in [0.15, 0.2) is 0 Å². The zero-order chi connectivity index (χ0) is 15.0. The number of urea groups is 1. The van der Waals surface area contributed by atoms with Crippen molar-refractivity contribution in [2.45, 2.75) is 45.6 Å². The number of nitrogens with zero attached hydrogens (tertiary/aromatic N) is 1. The minimum absolute atomic E-state index is 0.0830. The van der Waals surface area contributed by atoms with Crippen molar-refractivity contribution >= 4 is 12.0 Å². The van der Waals surface area contributed by atoms with Crippen LogP contribution in [0, 0.1) is 5.92 Å². The molecule has 1 saturated heterocycles. The number of nitrogens with one attached hydrogen (secondary N) is 2. The summed E-state index contributed by atoms with van der Waals surface area (Å²) in [6.45, 7) is 7.30. The Hall–Kier alpha value is -1.30. The number of carboxylic acid groups (broad SMARTS) is 1. The molecule has 0 radical (unpaired) electrons. The molecule has 0 aromatic rings. The Bertz CT molecular complexity index is 317. The minimum atomic E-state index is -0.981. The molecule has 1 fully saturated rings. The summed E-state index contributed by atoms with van der Waals surface area (Å²) in [5.74, 6) is -1.06. The van der Waals surface area contributed by atoms with Crippen molar-refractivity contribution in [3.05, 3.63) is 0 Å². The van der Waals surface area contributed by atoms with Crippen LogP contribution in [0.2, 0.25) is 0 Å². The topological polar surface area (TPSA) is 81.7 Å². The number of amides is 2. The smallest absolute Gasteiger partial charge is 0.326 e. The number of rotatable bonds is 7. The highest BCUT2D eigenvalue weighted by Crippen LogP contribution is 2.08. The summed E-state index contributed by atoms with van der Waals surface area (Å²) < 4.78 is 0. The van der Waals surface area contributed by atoms with E-state index in [-0.39, 0.29) is 5.92 Å². The molecule has 1 rings (SSSR count). The number of carbonyl (C=O) groups excluding carboxylic acids is 1. The molecule has 2 amide bonds. The lowest BCUT2D eigenvalue weighted by molar-refractivity contribution is -0.140. The van der Waals surface area contributed by atoms with E-state index >= 15 is 0 Å². The molecule has 1 heterocycles. The zero-order valence-electron chi connectivity index (χ0n) is 12.5. The van der Waals surface area contributed by atoms with Crippen LogP contribution >= 0.6 is 0 Å². The highest BCUT2D eigenvalue weighted by atomic mass is 16.4. The molecule has 0 aromatic heterocycles. The van der Waals surface area contributed by atoms with Crippen molar-refractivity contribution in [2.24, 2.45) is 5.92 Å². The third-order valence-electron chi connectivity index (χ3n) is 3.93. The van der Waals surface area contributed by atoms with Gasteiger partial charge in [0.2, 0.25) is 0 Å². The molecular formula is C14H27N3O3. The molecule has 0 aliphatic carbocycles. The van der Waals surface area contributed by atoms with Crippen molar-refractivity contribution < 1.29 is 14.7 Å². The molecule has 0 spiro atoms. The highest BCUT2D eigenvalue weighted by molar-refractivity contribution is 5.82. The van der Waals surface area contributed by atoms with E-state index in [4.69, 9.17) is 5.11 Å². The van der Waals surface area contributed by atoms with E-state index < -0.39 is 18.0 Å². The Kier molecular flexibility index (Phi) is 7.36. The van der Waals surface area contributed by atoms with E-state index in [0.29, 0.717) is 13.0 Å². The summed E-state index contributed by atoms with van der Waals surface area (Å²) >= 11 is 0. The summed E-state index contributed by atoms with van der Waals surface area (Å²) in [6.07, 6.45) is 4.45. The van der Waals surface area contributed by atoms with Crippen LogP contribution in [0.3, 0.4) is 0 Å². The van der Waals surface area contributed by atoms with Gasteiger partial charge in [-0.3, -0.25) is 0 Å². The first-order valence-corrected chi connectivity index (χ1v) is 7.54. The number of likely N-dealkylation sites (tertiary alicyclic amines) is 1. The van der Waals surface area contributed by atoms with E-state index in [0.717, 1.165) is 19.6 Å². The molecule has 0 aromatic carbocycles. The molecule has 6 nitrogen and oxygen atoms in total. The van der Waals surface area contributed by atoms with Gasteiger partial charge >= 0.3 is 12.0 Å². The van der Waals surface area contributed by atoms with E-state index in [9.17, 15) is 9.59 Å². The van der Waals surface area contributed by atoms with Crippen LogP contribution < -0.4 is 10.6 Å². The average Bonchev–Trinajstić information content (AvgIpc) is 2.45. The molecule has 0 unspecified atom stereocenters. The maximum absolute atomic E-state index is 11.7. The fourth-order valence-corrected chi connectivity index (χ4v) is 2.39. The number of carboxylic acids is 1. The molecule has 3 N–H and O–H groups in total. The van der Waals surface area contributed by atoms with Crippen LogP contribution in [0.4, 0.5) is 4.79 Å². The summed E-state index contributed by atoms with van der Waals surface area (Å²) in [5.41, 5.74) is 0. The van der Waals surface area contributed by atoms with Crippen LogP contribution in [0.5, 0.6) is 0 Å². The second-order valence-corrected chi connectivity index (χ2v) is 5.50. The zero-order valence-corrected chi connectivity index (χ0v) is 12.5. The molecule has 0 bridgehead atoms. The van der Waals surface area contributed by atoms with Crippen molar-refractivity contribution in [3.8, 4) is 0 Å². The third kappa shape index (κ3) is 5.77. The lowest BCUT2D eigenvalue weighted by Crippen LogP contribution is -2.50. The molecular weight excluding hydrogens is 258 g/mol. The van der Waals surface area contributed by atoms with Crippen LogP contribution in [-0.2, 0) is 4.79 Å². The fraction of sp³-hybridized carbons (Fsp3) is 0.857. The summed E-state index contributed by atoms with van der Waals surface area (Å²) in [5, 5.41) is 14.4. The summed E-state index contributed by atoms with van der Waals surface area (Å²) in [7, 11) is 0.